The monoisotopic (exact) mass is 366 g/mol. The third-order valence-corrected chi connectivity index (χ3v) is 7.12. The van der Waals surface area contributed by atoms with Crippen LogP contribution in [0.2, 0.25) is 0 Å². The second-order valence-corrected chi connectivity index (χ2v) is 9.20. The van der Waals surface area contributed by atoms with Crippen molar-refractivity contribution < 1.29 is 9.47 Å². The summed E-state index contributed by atoms with van der Waals surface area (Å²) < 4.78 is 12.3. The topological polar surface area (TPSA) is 31.4 Å². The molecule has 4 saturated heterocycles. The largest absolute Gasteiger partial charge is 0.378 e. The standard InChI is InChI=1S/C20H38N4O2/c1-15(2)24-12-19-20(13-24)26-18(11-21(19)4)9-16(3)23-6-5-22-7-8-25-14-17(22)10-23/h15-20H,5-14H2,1-4H3. The van der Waals surface area contributed by atoms with Crippen LogP contribution in [0.5, 0.6) is 0 Å². The van der Waals surface area contributed by atoms with Crippen LogP contribution in [0, 0.1) is 0 Å². The number of hydrogen-bond acceptors (Lipinski definition) is 6. The summed E-state index contributed by atoms with van der Waals surface area (Å²) in [5, 5.41) is 0. The molecular formula is C20H38N4O2. The molecule has 4 aliphatic rings. The highest BCUT2D eigenvalue weighted by Gasteiger charge is 2.43. The van der Waals surface area contributed by atoms with Crippen LogP contribution in [0.3, 0.4) is 0 Å². The van der Waals surface area contributed by atoms with Gasteiger partial charge in [0.1, 0.15) is 0 Å². The fraction of sp³-hybridized carbons (Fsp3) is 1.00. The second-order valence-electron chi connectivity index (χ2n) is 9.20. The molecule has 0 aromatic heterocycles. The fourth-order valence-corrected chi connectivity index (χ4v) is 5.34. The van der Waals surface area contributed by atoms with Crippen molar-refractivity contribution in [3.05, 3.63) is 0 Å². The molecule has 0 aromatic rings. The van der Waals surface area contributed by atoms with Gasteiger partial charge < -0.3 is 9.47 Å². The number of likely N-dealkylation sites (N-methyl/N-ethyl adjacent to an activating group) is 1. The molecule has 0 spiro atoms. The molecule has 6 nitrogen and oxygen atoms in total. The maximum atomic E-state index is 6.58. The number of rotatable bonds is 4. The van der Waals surface area contributed by atoms with Gasteiger partial charge >= 0.3 is 0 Å². The normalized spacial score (nSPS) is 39.1. The van der Waals surface area contributed by atoms with Gasteiger partial charge in [0.05, 0.1) is 25.4 Å². The van der Waals surface area contributed by atoms with Gasteiger partial charge in [0, 0.05) is 70.0 Å². The predicted octanol–water partition coefficient (Wildman–Crippen LogP) is 0.573. The van der Waals surface area contributed by atoms with Gasteiger partial charge in [0.2, 0.25) is 0 Å². The van der Waals surface area contributed by atoms with Crippen LogP contribution in [0.4, 0.5) is 0 Å². The molecule has 0 bridgehead atoms. The molecule has 5 atom stereocenters. The van der Waals surface area contributed by atoms with Gasteiger partial charge in [-0.2, -0.15) is 0 Å². The average Bonchev–Trinajstić information content (AvgIpc) is 3.06. The maximum absolute atomic E-state index is 6.58. The summed E-state index contributed by atoms with van der Waals surface area (Å²) in [4.78, 5) is 10.4. The molecule has 5 unspecified atom stereocenters. The van der Waals surface area contributed by atoms with E-state index >= 15 is 0 Å². The first kappa shape index (κ1) is 19.1. The van der Waals surface area contributed by atoms with Gasteiger partial charge in [-0.1, -0.05) is 0 Å². The minimum atomic E-state index is 0.365. The second kappa shape index (κ2) is 8.02. The number of likely N-dealkylation sites (tertiary alicyclic amines) is 1. The summed E-state index contributed by atoms with van der Waals surface area (Å²) in [5.74, 6) is 0. The summed E-state index contributed by atoms with van der Waals surface area (Å²) in [6.07, 6.45) is 1.89. The number of hydrogen-bond donors (Lipinski definition) is 0. The Morgan fingerprint density at radius 1 is 0.962 bits per heavy atom. The minimum Gasteiger partial charge on any atom is -0.378 e. The molecule has 4 heterocycles. The van der Waals surface area contributed by atoms with Crippen LogP contribution in [0.15, 0.2) is 0 Å². The molecule has 0 amide bonds. The lowest BCUT2D eigenvalue weighted by Gasteiger charge is -2.47. The van der Waals surface area contributed by atoms with Crippen molar-refractivity contribution in [3.8, 4) is 0 Å². The molecule has 4 aliphatic heterocycles. The Morgan fingerprint density at radius 2 is 1.81 bits per heavy atom. The third-order valence-electron chi connectivity index (χ3n) is 7.12. The van der Waals surface area contributed by atoms with Gasteiger partial charge in [0.15, 0.2) is 0 Å². The number of morpholine rings is 2. The van der Waals surface area contributed by atoms with Crippen molar-refractivity contribution in [2.75, 3.05) is 66.1 Å². The van der Waals surface area contributed by atoms with E-state index in [4.69, 9.17) is 9.47 Å². The lowest BCUT2D eigenvalue weighted by Crippen LogP contribution is -2.60. The van der Waals surface area contributed by atoms with Crippen molar-refractivity contribution in [2.24, 2.45) is 0 Å². The van der Waals surface area contributed by atoms with Crippen LogP contribution < -0.4 is 0 Å². The van der Waals surface area contributed by atoms with E-state index in [0.29, 0.717) is 36.4 Å². The number of nitrogens with zero attached hydrogens (tertiary/aromatic N) is 4. The van der Waals surface area contributed by atoms with Crippen molar-refractivity contribution in [1.29, 1.82) is 0 Å². The molecule has 0 aromatic carbocycles. The first-order chi connectivity index (χ1) is 12.5. The zero-order chi connectivity index (χ0) is 18.3. The average molecular weight is 367 g/mol. The number of ether oxygens (including phenoxy) is 2. The van der Waals surface area contributed by atoms with Gasteiger partial charge in [-0.05, 0) is 34.2 Å². The van der Waals surface area contributed by atoms with Gasteiger partial charge in [-0.25, -0.2) is 0 Å². The number of piperazine rings is 1. The van der Waals surface area contributed by atoms with Gasteiger partial charge in [-0.3, -0.25) is 19.6 Å². The van der Waals surface area contributed by atoms with Crippen LogP contribution in [0.25, 0.3) is 0 Å². The summed E-state index contributed by atoms with van der Waals surface area (Å²) in [6.45, 7) is 16.8. The predicted molar refractivity (Wildman–Crippen MR) is 104 cm³/mol. The van der Waals surface area contributed by atoms with Crippen LogP contribution in [-0.2, 0) is 9.47 Å². The van der Waals surface area contributed by atoms with E-state index in [1.165, 1.54) is 13.1 Å². The zero-order valence-corrected chi connectivity index (χ0v) is 17.1. The van der Waals surface area contributed by atoms with E-state index < -0.39 is 0 Å². The van der Waals surface area contributed by atoms with E-state index in [2.05, 4.69) is 47.4 Å². The molecule has 0 aliphatic carbocycles. The highest BCUT2D eigenvalue weighted by molar-refractivity contribution is 4.97. The van der Waals surface area contributed by atoms with E-state index in [9.17, 15) is 0 Å². The van der Waals surface area contributed by atoms with Gasteiger partial charge in [0.25, 0.3) is 0 Å². The van der Waals surface area contributed by atoms with E-state index in [0.717, 1.165) is 52.4 Å². The third kappa shape index (κ3) is 3.96. The minimum absolute atomic E-state index is 0.365. The van der Waals surface area contributed by atoms with Crippen molar-refractivity contribution in [1.82, 2.24) is 19.6 Å². The Hall–Kier alpha value is -0.240. The first-order valence-corrected chi connectivity index (χ1v) is 10.7. The van der Waals surface area contributed by atoms with Crippen LogP contribution in [-0.4, -0.2) is 122 Å². The molecular weight excluding hydrogens is 328 g/mol. The Morgan fingerprint density at radius 3 is 2.62 bits per heavy atom. The van der Waals surface area contributed by atoms with Crippen molar-refractivity contribution in [3.63, 3.8) is 0 Å². The lowest BCUT2D eigenvalue weighted by molar-refractivity contribution is -0.106. The number of fused-ring (bicyclic) bond motifs is 2. The highest BCUT2D eigenvalue weighted by atomic mass is 16.5. The zero-order valence-electron chi connectivity index (χ0n) is 17.1. The smallest absolute Gasteiger partial charge is 0.0873 e. The highest BCUT2D eigenvalue weighted by Crippen LogP contribution is 2.28. The summed E-state index contributed by atoms with van der Waals surface area (Å²) in [7, 11) is 2.29. The molecule has 0 N–H and O–H groups in total. The first-order valence-electron chi connectivity index (χ1n) is 10.7. The summed E-state index contributed by atoms with van der Waals surface area (Å²) in [6, 6.07) is 2.36. The van der Waals surface area contributed by atoms with Crippen LogP contribution >= 0.6 is 0 Å². The fourth-order valence-electron chi connectivity index (χ4n) is 5.34. The van der Waals surface area contributed by atoms with E-state index in [-0.39, 0.29) is 0 Å². The lowest BCUT2D eigenvalue weighted by atomic mass is 10.0. The molecule has 6 heteroatoms. The summed E-state index contributed by atoms with van der Waals surface area (Å²) >= 11 is 0. The van der Waals surface area contributed by atoms with E-state index in [1.807, 2.05) is 0 Å². The summed E-state index contributed by atoms with van der Waals surface area (Å²) in [5.41, 5.74) is 0. The quantitative estimate of drug-likeness (QED) is 0.723. The Labute approximate surface area is 159 Å². The van der Waals surface area contributed by atoms with Crippen molar-refractivity contribution in [2.45, 2.75) is 63.6 Å². The SMILES string of the molecule is CC(C)N1CC2OC(CC(C)N3CCN4CCOCC4C3)CN(C)C2C1. The van der Waals surface area contributed by atoms with E-state index in [1.54, 1.807) is 0 Å². The maximum Gasteiger partial charge on any atom is 0.0873 e. The molecule has 150 valence electrons. The van der Waals surface area contributed by atoms with Crippen LogP contribution in [0.1, 0.15) is 27.2 Å². The molecule has 4 fully saturated rings. The molecule has 4 rings (SSSR count). The van der Waals surface area contributed by atoms with Gasteiger partial charge in [-0.15, -0.1) is 0 Å². The molecule has 26 heavy (non-hydrogen) atoms. The Kier molecular flexibility index (Phi) is 5.89. The molecule has 0 saturated carbocycles. The molecule has 0 radical (unpaired) electrons. The van der Waals surface area contributed by atoms with Crippen molar-refractivity contribution >= 4 is 0 Å². The Balaban J connectivity index is 1.30. The Bertz CT molecular complexity index is 477.